The second kappa shape index (κ2) is 8.07. The molecule has 1 saturated heterocycles. The molecule has 3 aromatic rings. The van der Waals surface area contributed by atoms with Crippen molar-refractivity contribution in [2.45, 2.75) is 33.4 Å². The average Bonchev–Trinajstić information content (AvgIpc) is 3.06. The molecule has 7 heteroatoms. The molecule has 0 unspecified atom stereocenters. The first-order valence-corrected chi connectivity index (χ1v) is 10.3. The molecule has 1 aliphatic rings. The van der Waals surface area contributed by atoms with Crippen molar-refractivity contribution >= 4 is 16.9 Å². The van der Waals surface area contributed by atoms with Crippen LogP contribution in [-0.4, -0.2) is 52.5 Å². The molecule has 3 heterocycles. The van der Waals surface area contributed by atoms with Gasteiger partial charge in [0.1, 0.15) is 17.2 Å². The molecule has 0 aliphatic carbocycles. The lowest BCUT2D eigenvalue weighted by molar-refractivity contribution is 0.0595. The minimum absolute atomic E-state index is 0.171. The van der Waals surface area contributed by atoms with Crippen LogP contribution in [0, 0.1) is 12.7 Å². The number of carbonyl (C=O) groups is 1. The quantitative estimate of drug-likeness (QED) is 0.661. The highest BCUT2D eigenvalue weighted by Gasteiger charge is 2.29. The van der Waals surface area contributed by atoms with Crippen molar-refractivity contribution in [2.75, 3.05) is 26.2 Å². The molecule has 2 aromatic heterocycles. The van der Waals surface area contributed by atoms with E-state index in [1.54, 1.807) is 36.2 Å². The van der Waals surface area contributed by atoms with Crippen molar-refractivity contribution in [1.29, 1.82) is 0 Å². The number of aromatic nitrogens is 1. The fourth-order valence-corrected chi connectivity index (χ4v) is 4.08. The Morgan fingerprint density at radius 2 is 1.90 bits per heavy atom. The number of aryl methyl sites for hydroxylation is 1. The summed E-state index contributed by atoms with van der Waals surface area (Å²) in [5, 5.41) is 0.294. The van der Waals surface area contributed by atoms with Gasteiger partial charge in [-0.3, -0.25) is 14.5 Å². The van der Waals surface area contributed by atoms with Crippen LogP contribution in [0.25, 0.3) is 11.0 Å². The van der Waals surface area contributed by atoms with Crippen LogP contribution in [0.15, 0.2) is 45.7 Å². The molecule has 1 fully saturated rings. The summed E-state index contributed by atoms with van der Waals surface area (Å²) >= 11 is 0. The topological polar surface area (TPSA) is 58.7 Å². The molecule has 0 N–H and O–H groups in total. The van der Waals surface area contributed by atoms with Gasteiger partial charge in [0.15, 0.2) is 0 Å². The van der Waals surface area contributed by atoms with Gasteiger partial charge in [0, 0.05) is 38.4 Å². The molecule has 158 valence electrons. The van der Waals surface area contributed by atoms with E-state index in [1.807, 2.05) is 0 Å². The summed E-state index contributed by atoms with van der Waals surface area (Å²) in [5.41, 5.74) is 1.10. The Hall–Kier alpha value is -2.93. The Kier molecular flexibility index (Phi) is 5.47. The number of halogens is 1. The van der Waals surface area contributed by atoms with Gasteiger partial charge in [0.05, 0.1) is 17.5 Å². The van der Waals surface area contributed by atoms with Gasteiger partial charge < -0.3 is 13.9 Å². The average molecular weight is 411 g/mol. The van der Waals surface area contributed by atoms with E-state index < -0.39 is 0 Å². The lowest BCUT2D eigenvalue weighted by Crippen LogP contribution is -2.50. The Bertz CT molecular complexity index is 1140. The molecule has 0 spiro atoms. The zero-order valence-corrected chi connectivity index (χ0v) is 17.5. The molecule has 0 bridgehead atoms. The van der Waals surface area contributed by atoms with E-state index >= 15 is 0 Å². The number of rotatable bonds is 4. The van der Waals surface area contributed by atoms with E-state index in [2.05, 4.69) is 18.7 Å². The second-order valence-electron chi connectivity index (χ2n) is 8.07. The van der Waals surface area contributed by atoms with Gasteiger partial charge in [-0.05, 0) is 44.5 Å². The maximum atomic E-state index is 13.5. The van der Waals surface area contributed by atoms with Crippen molar-refractivity contribution in [3.05, 3.63) is 69.6 Å². The van der Waals surface area contributed by atoms with Crippen LogP contribution in [0.5, 0.6) is 0 Å². The molecular weight excluding hydrogens is 385 g/mol. The van der Waals surface area contributed by atoms with E-state index in [1.165, 1.54) is 16.7 Å². The highest BCUT2D eigenvalue weighted by molar-refractivity contribution is 6.06. The molecule has 1 aromatic carbocycles. The first-order valence-electron chi connectivity index (χ1n) is 10.3. The smallest absolute Gasteiger partial charge is 0.262 e. The van der Waals surface area contributed by atoms with E-state index in [-0.39, 0.29) is 23.8 Å². The van der Waals surface area contributed by atoms with Crippen LogP contribution in [0.3, 0.4) is 0 Å². The summed E-state index contributed by atoms with van der Waals surface area (Å²) < 4.78 is 20.8. The summed E-state index contributed by atoms with van der Waals surface area (Å²) in [5.74, 6) is -0.0747. The minimum atomic E-state index is -0.350. The molecule has 1 aliphatic heterocycles. The minimum Gasteiger partial charge on any atom is -0.460 e. The summed E-state index contributed by atoms with van der Waals surface area (Å²) in [4.78, 5) is 30.6. The van der Waals surface area contributed by atoms with Crippen LogP contribution >= 0.6 is 0 Å². The number of pyridine rings is 1. The van der Waals surface area contributed by atoms with Crippen molar-refractivity contribution in [1.82, 2.24) is 14.4 Å². The van der Waals surface area contributed by atoms with Gasteiger partial charge in [-0.2, -0.15) is 0 Å². The Morgan fingerprint density at radius 3 is 2.57 bits per heavy atom. The van der Waals surface area contributed by atoms with E-state index in [4.69, 9.17) is 4.42 Å². The maximum absolute atomic E-state index is 13.5. The van der Waals surface area contributed by atoms with E-state index in [0.717, 1.165) is 13.1 Å². The predicted octanol–water partition coefficient (Wildman–Crippen LogP) is 3.26. The predicted molar refractivity (Wildman–Crippen MR) is 113 cm³/mol. The van der Waals surface area contributed by atoms with Crippen LogP contribution in [0.2, 0.25) is 0 Å². The largest absolute Gasteiger partial charge is 0.460 e. The summed E-state index contributed by atoms with van der Waals surface area (Å²) in [6.45, 7) is 9.08. The fourth-order valence-electron chi connectivity index (χ4n) is 4.08. The number of piperazine rings is 1. The van der Waals surface area contributed by atoms with E-state index in [9.17, 15) is 14.0 Å². The van der Waals surface area contributed by atoms with Gasteiger partial charge in [-0.1, -0.05) is 12.1 Å². The summed E-state index contributed by atoms with van der Waals surface area (Å²) in [6, 6.07) is 8.27. The molecule has 6 nitrogen and oxygen atoms in total. The van der Waals surface area contributed by atoms with Crippen molar-refractivity contribution in [3.8, 4) is 0 Å². The maximum Gasteiger partial charge on any atom is 0.262 e. The number of amides is 1. The highest BCUT2D eigenvalue weighted by Crippen LogP contribution is 2.25. The summed E-state index contributed by atoms with van der Waals surface area (Å²) in [7, 11) is 0. The van der Waals surface area contributed by atoms with Gasteiger partial charge in [-0.15, -0.1) is 0 Å². The molecule has 0 radical (unpaired) electrons. The van der Waals surface area contributed by atoms with Crippen LogP contribution in [-0.2, 0) is 6.54 Å². The van der Waals surface area contributed by atoms with Gasteiger partial charge >= 0.3 is 0 Å². The van der Waals surface area contributed by atoms with Crippen LogP contribution in [0.4, 0.5) is 4.39 Å². The van der Waals surface area contributed by atoms with Gasteiger partial charge in [0.25, 0.3) is 11.5 Å². The molecule has 4 rings (SSSR count). The van der Waals surface area contributed by atoms with Gasteiger partial charge in [-0.25, -0.2) is 4.39 Å². The molecule has 30 heavy (non-hydrogen) atoms. The first kappa shape index (κ1) is 20.3. The molecule has 0 atom stereocenters. The SMILES string of the molecule is Cc1oc2ccn(Cc3cccc(F)c3)c(=O)c2c1C(=O)N1CCN(C(C)C)CC1. The number of hydrogen-bond acceptors (Lipinski definition) is 4. The molecular formula is C23H26FN3O3. The van der Waals surface area contributed by atoms with E-state index in [0.29, 0.717) is 47.0 Å². The third kappa shape index (κ3) is 3.77. The monoisotopic (exact) mass is 411 g/mol. The molecule has 1 amide bonds. The third-order valence-electron chi connectivity index (χ3n) is 5.78. The number of carbonyl (C=O) groups excluding carboxylic acids is 1. The van der Waals surface area contributed by atoms with Crippen molar-refractivity contribution < 1.29 is 13.6 Å². The first-order chi connectivity index (χ1) is 14.3. The van der Waals surface area contributed by atoms with Gasteiger partial charge in [0.2, 0.25) is 0 Å². The lowest BCUT2D eigenvalue weighted by atomic mass is 10.1. The Morgan fingerprint density at radius 1 is 1.17 bits per heavy atom. The number of fused-ring (bicyclic) bond motifs is 1. The standard InChI is InChI=1S/C23H26FN3O3/c1-15(2)25-9-11-26(12-10-25)22(28)20-16(3)30-19-7-8-27(23(29)21(19)20)14-17-5-4-6-18(24)13-17/h4-8,13,15H,9-12,14H2,1-3H3. The Labute approximate surface area is 174 Å². The highest BCUT2D eigenvalue weighted by atomic mass is 19.1. The van der Waals surface area contributed by atoms with Crippen LogP contribution in [0.1, 0.15) is 35.5 Å². The van der Waals surface area contributed by atoms with Crippen molar-refractivity contribution in [2.24, 2.45) is 0 Å². The zero-order chi connectivity index (χ0) is 21.4. The third-order valence-corrected chi connectivity index (χ3v) is 5.78. The summed E-state index contributed by atoms with van der Waals surface area (Å²) in [6.07, 6.45) is 1.62. The number of hydrogen-bond donors (Lipinski definition) is 0. The second-order valence-corrected chi connectivity index (χ2v) is 8.07. The lowest BCUT2D eigenvalue weighted by Gasteiger charge is -2.36. The Balaban J connectivity index is 1.68. The number of benzene rings is 1. The van der Waals surface area contributed by atoms with Crippen molar-refractivity contribution in [3.63, 3.8) is 0 Å². The zero-order valence-electron chi connectivity index (χ0n) is 17.5. The fraction of sp³-hybridized carbons (Fsp3) is 0.391. The molecule has 0 saturated carbocycles. The normalized spacial score (nSPS) is 15.3. The number of nitrogens with zero attached hydrogens (tertiary/aromatic N) is 3. The number of furan rings is 1. The van der Waals surface area contributed by atoms with Crippen LogP contribution < -0.4 is 5.56 Å².